The van der Waals surface area contributed by atoms with E-state index in [1.807, 2.05) is 26.0 Å². The molecule has 2 aromatic carbocycles. The number of nitrogens with one attached hydrogen (secondary N) is 3. The second-order valence-corrected chi connectivity index (χ2v) is 13.7. The molecule has 0 spiro atoms. The quantitative estimate of drug-likeness (QED) is 0.0620. The SMILES string of the molecule is CCn1nc(C)cc1C(=O)Nc1nc2cc(C(N)=O)cc(OC)c2n1C/C=C/Cn1c(NC(=O)c2cc(C)nn2CC)nc2cc(C(N)=O)cc(OCCCNC(C)=O)c21. The van der Waals surface area contributed by atoms with Crippen molar-refractivity contribution in [1.29, 1.82) is 0 Å². The van der Waals surface area contributed by atoms with Crippen molar-refractivity contribution >= 4 is 63.5 Å². The minimum absolute atomic E-state index is 0.128. The molecule has 60 heavy (non-hydrogen) atoms. The third kappa shape index (κ3) is 8.96. The lowest BCUT2D eigenvalue weighted by molar-refractivity contribution is -0.118. The summed E-state index contributed by atoms with van der Waals surface area (Å²) in [7, 11) is 1.45. The van der Waals surface area contributed by atoms with Crippen LogP contribution in [0.2, 0.25) is 0 Å². The van der Waals surface area contributed by atoms with Crippen molar-refractivity contribution in [3.05, 3.63) is 82.5 Å². The highest BCUT2D eigenvalue weighted by molar-refractivity contribution is 6.05. The van der Waals surface area contributed by atoms with Gasteiger partial charge >= 0.3 is 0 Å². The Balaban J connectivity index is 1.40. The Kier molecular flexibility index (Phi) is 12.6. The first-order chi connectivity index (χ1) is 28.7. The van der Waals surface area contributed by atoms with Crippen LogP contribution in [0.5, 0.6) is 11.5 Å². The van der Waals surface area contributed by atoms with Crippen molar-refractivity contribution in [2.75, 3.05) is 30.9 Å². The second kappa shape index (κ2) is 18.0. The van der Waals surface area contributed by atoms with Crippen molar-refractivity contribution in [3.63, 3.8) is 0 Å². The molecule has 0 fully saturated rings. The number of methoxy groups -OCH3 is 1. The highest BCUT2D eigenvalue weighted by Gasteiger charge is 2.23. The molecule has 0 aliphatic carbocycles. The average Bonchev–Trinajstić information content (AvgIpc) is 3.97. The van der Waals surface area contributed by atoms with Crippen LogP contribution >= 0.6 is 0 Å². The van der Waals surface area contributed by atoms with Gasteiger partial charge in [0.25, 0.3) is 11.8 Å². The van der Waals surface area contributed by atoms with Gasteiger partial charge in [0, 0.05) is 50.8 Å². The van der Waals surface area contributed by atoms with E-state index >= 15 is 0 Å². The topological polar surface area (TPSA) is 263 Å². The number of carbonyl (C=O) groups is 5. The van der Waals surface area contributed by atoms with Crippen molar-refractivity contribution in [1.82, 2.24) is 44.0 Å². The van der Waals surface area contributed by atoms with E-state index in [9.17, 15) is 24.0 Å². The number of allylic oxidation sites excluding steroid dienone is 2. The van der Waals surface area contributed by atoms with Gasteiger partial charge < -0.3 is 35.4 Å². The molecule has 0 aliphatic heterocycles. The van der Waals surface area contributed by atoms with Crippen molar-refractivity contribution in [3.8, 4) is 11.5 Å². The number of fused-ring (bicyclic) bond motifs is 2. The molecule has 0 radical (unpaired) electrons. The molecule has 0 atom stereocenters. The third-order valence-corrected chi connectivity index (χ3v) is 9.42. The maximum absolute atomic E-state index is 13.7. The molecule has 4 aromatic heterocycles. The average molecular weight is 822 g/mol. The minimum Gasteiger partial charge on any atom is -0.494 e. The van der Waals surface area contributed by atoms with Crippen molar-refractivity contribution in [2.24, 2.45) is 11.5 Å². The number of anilines is 2. The fourth-order valence-electron chi connectivity index (χ4n) is 6.70. The number of imidazole rings is 2. The summed E-state index contributed by atoms with van der Waals surface area (Å²) in [6.07, 6.45) is 4.09. The lowest BCUT2D eigenvalue weighted by atomic mass is 10.1. The first-order valence-electron chi connectivity index (χ1n) is 19.2. The fourth-order valence-corrected chi connectivity index (χ4v) is 6.70. The summed E-state index contributed by atoms with van der Waals surface area (Å²) in [5.74, 6) is -1.57. The van der Waals surface area contributed by atoms with Gasteiger partial charge in [-0.05, 0) is 70.5 Å². The molecule has 6 aromatic rings. The normalized spacial score (nSPS) is 11.4. The summed E-state index contributed by atoms with van der Waals surface area (Å²) in [4.78, 5) is 72.8. The maximum Gasteiger partial charge on any atom is 0.276 e. The number of carbonyl (C=O) groups excluding carboxylic acids is 5. The van der Waals surface area contributed by atoms with Crippen LogP contribution in [0.1, 0.15) is 80.3 Å². The van der Waals surface area contributed by atoms with Crippen LogP contribution in [-0.4, -0.2) is 88.5 Å². The van der Waals surface area contributed by atoms with Crippen LogP contribution in [0.4, 0.5) is 11.9 Å². The first-order valence-corrected chi connectivity index (χ1v) is 19.2. The summed E-state index contributed by atoms with van der Waals surface area (Å²) in [5, 5.41) is 17.3. The van der Waals surface area contributed by atoms with Gasteiger partial charge in [0.05, 0.1) is 36.1 Å². The smallest absolute Gasteiger partial charge is 0.276 e. The highest BCUT2D eigenvalue weighted by Crippen LogP contribution is 2.33. The van der Waals surface area contributed by atoms with E-state index in [1.54, 1.807) is 44.5 Å². The van der Waals surface area contributed by atoms with Crippen molar-refractivity contribution in [2.45, 2.75) is 67.2 Å². The van der Waals surface area contributed by atoms with Crippen LogP contribution in [0.25, 0.3) is 22.1 Å². The Morgan fingerprint density at radius 2 is 1.18 bits per heavy atom. The minimum atomic E-state index is -0.703. The Morgan fingerprint density at radius 1 is 0.717 bits per heavy atom. The van der Waals surface area contributed by atoms with E-state index in [1.165, 1.54) is 38.3 Å². The molecule has 6 rings (SSSR count). The third-order valence-electron chi connectivity index (χ3n) is 9.42. The standard InChI is InChI=1S/C40H47N13O7/c1-7-52-29(16-22(3)48-52)37(57)46-39-44-27-18-25(35(41)55)20-31(59-6)33(27)50(39)13-9-10-14-51-34-28(45-40(51)47-38(58)30-17-23(4)49-53(30)8-2)19-26(36(42)56)21-32(34)60-15-11-12-43-24(5)54/h9-10,16-21H,7-8,11-15H2,1-6H3,(H2,41,55)(H2,42,56)(H,43,54)(H,44,46,57)(H,45,47,58)/b10-9+. The molecule has 0 aliphatic rings. The maximum atomic E-state index is 13.7. The van der Waals surface area contributed by atoms with E-state index in [-0.39, 0.29) is 54.4 Å². The molecule has 7 N–H and O–H groups in total. The zero-order valence-electron chi connectivity index (χ0n) is 34.2. The number of primary amides is 2. The number of aromatic nitrogens is 8. The van der Waals surface area contributed by atoms with Crippen molar-refractivity contribution < 1.29 is 33.4 Å². The van der Waals surface area contributed by atoms with Gasteiger partial charge in [0.2, 0.25) is 29.6 Å². The molecule has 4 heterocycles. The number of amides is 5. The van der Waals surface area contributed by atoms with Gasteiger partial charge in [0.1, 0.15) is 33.9 Å². The largest absolute Gasteiger partial charge is 0.494 e. The van der Waals surface area contributed by atoms with E-state index in [4.69, 9.17) is 25.9 Å². The Morgan fingerprint density at radius 3 is 1.62 bits per heavy atom. The molecular weight excluding hydrogens is 775 g/mol. The van der Waals surface area contributed by atoms with E-state index < -0.39 is 23.6 Å². The monoisotopic (exact) mass is 821 g/mol. The summed E-state index contributed by atoms with van der Waals surface area (Å²) in [5.41, 5.74) is 15.3. The second-order valence-electron chi connectivity index (χ2n) is 13.7. The van der Waals surface area contributed by atoms with Crippen LogP contribution < -0.4 is 36.9 Å². The molecule has 0 unspecified atom stereocenters. The number of hydrogen-bond acceptors (Lipinski definition) is 11. The molecule has 0 saturated carbocycles. The molecule has 314 valence electrons. The number of rotatable bonds is 18. The molecule has 20 heteroatoms. The molecule has 0 bridgehead atoms. The Bertz CT molecular complexity index is 2670. The van der Waals surface area contributed by atoms with E-state index in [2.05, 4.69) is 31.1 Å². The molecular formula is C40H47N13O7. The lowest BCUT2D eigenvalue weighted by Crippen LogP contribution is -2.22. The zero-order chi connectivity index (χ0) is 43.2. The fraction of sp³-hybridized carbons (Fsp3) is 0.325. The Labute approximate surface area is 343 Å². The predicted octanol–water partition coefficient (Wildman–Crippen LogP) is 3.31. The number of hydrogen-bond donors (Lipinski definition) is 5. The number of aryl methyl sites for hydroxylation is 4. The van der Waals surface area contributed by atoms with Crippen LogP contribution in [0.3, 0.4) is 0 Å². The van der Waals surface area contributed by atoms with Gasteiger partial charge in [-0.2, -0.15) is 10.2 Å². The van der Waals surface area contributed by atoms with Gasteiger partial charge in [-0.15, -0.1) is 0 Å². The van der Waals surface area contributed by atoms with E-state index in [0.29, 0.717) is 76.6 Å². The summed E-state index contributed by atoms with van der Waals surface area (Å²) in [6.45, 7) is 10.5. The van der Waals surface area contributed by atoms with Gasteiger partial charge in [-0.1, -0.05) is 12.2 Å². The molecule has 20 nitrogen and oxygen atoms in total. The summed E-state index contributed by atoms with van der Waals surface area (Å²) >= 11 is 0. The van der Waals surface area contributed by atoms with Gasteiger partial charge in [-0.3, -0.25) is 44.0 Å². The van der Waals surface area contributed by atoms with Crippen LogP contribution in [-0.2, 0) is 31.0 Å². The van der Waals surface area contributed by atoms with Crippen LogP contribution in [0, 0.1) is 13.8 Å². The number of nitrogens with two attached hydrogens (primary N) is 2. The zero-order valence-corrected chi connectivity index (χ0v) is 34.2. The summed E-state index contributed by atoms with van der Waals surface area (Å²) in [6, 6.07) is 9.40. The Hall–Kier alpha value is -7.51. The first kappa shape index (κ1) is 42.1. The van der Waals surface area contributed by atoms with Crippen LogP contribution in [0.15, 0.2) is 48.6 Å². The lowest BCUT2D eigenvalue weighted by Gasteiger charge is -2.13. The number of nitrogens with zero attached hydrogens (tertiary/aromatic N) is 8. The predicted molar refractivity (Wildman–Crippen MR) is 222 cm³/mol. The highest BCUT2D eigenvalue weighted by atomic mass is 16.5. The van der Waals surface area contributed by atoms with E-state index in [0.717, 1.165) is 0 Å². The molecule has 0 saturated heterocycles. The summed E-state index contributed by atoms with van der Waals surface area (Å²) < 4.78 is 18.5. The number of benzene rings is 2. The van der Waals surface area contributed by atoms with Gasteiger partial charge in [0.15, 0.2) is 0 Å². The molecule has 5 amide bonds. The van der Waals surface area contributed by atoms with Gasteiger partial charge in [-0.25, -0.2) is 9.97 Å². The number of ether oxygens (including phenoxy) is 2.